The zero-order chi connectivity index (χ0) is 36.3. The lowest BCUT2D eigenvalue weighted by Gasteiger charge is -2.32. The molecule has 3 amide bonds. The molecule has 2 aliphatic rings. The van der Waals surface area contributed by atoms with E-state index in [2.05, 4.69) is 27.8 Å². The van der Waals surface area contributed by atoms with E-state index in [1.807, 2.05) is 26.0 Å². The van der Waals surface area contributed by atoms with Crippen LogP contribution in [0.2, 0.25) is 5.02 Å². The Bertz CT molecular complexity index is 1850. The number of benzene rings is 2. The molecule has 1 saturated heterocycles. The van der Waals surface area contributed by atoms with Crippen molar-refractivity contribution in [2.75, 3.05) is 39.1 Å². The van der Waals surface area contributed by atoms with Crippen molar-refractivity contribution in [3.05, 3.63) is 75.6 Å². The van der Waals surface area contributed by atoms with Gasteiger partial charge in [-0.15, -0.1) is 0 Å². The Labute approximate surface area is 298 Å². The van der Waals surface area contributed by atoms with Crippen molar-refractivity contribution >= 4 is 35.0 Å². The van der Waals surface area contributed by atoms with Gasteiger partial charge in [-0.05, 0) is 61.9 Å². The summed E-state index contributed by atoms with van der Waals surface area (Å²) in [7, 11) is 3.03. The lowest BCUT2D eigenvalue weighted by Crippen LogP contribution is -2.51. The summed E-state index contributed by atoms with van der Waals surface area (Å²) in [5.41, 5.74) is 9.93. The number of nitrogens with zero attached hydrogens (tertiary/aromatic N) is 2. The highest BCUT2D eigenvalue weighted by Crippen LogP contribution is 2.46. The van der Waals surface area contributed by atoms with Crippen LogP contribution >= 0.6 is 11.6 Å². The van der Waals surface area contributed by atoms with Gasteiger partial charge in [0.15, 0.2) is 0 Å². The van der Waals surface area contributed by atoms with E-state index in [0.717, 1.165) is 49.9 Å². The highest BCUT2D eigenvalue weighted by atomic mass is 35.5. The number of nitrogens with one attached hydrogen (secondary N) is 3. The molecule has 2 aromatic carbocycles. The summed E-state index contributed by atoms with van der Waals surface area (Å²) in [4.78, 5) is 45.3. The van der Waals surface area contributed by atoms with Crippen LogP contribution in [0.5, 0.6) is 5.88 Å². The van der Waals surface area contributed by atoms with Crippen LogP contribution in [0.25, 0.3) is 22.4 Å². The SMILES string of the molecule is CCC1(NC(=O)C(C)C)CCN(C2CCc3cc(-c4cccc(-c5c(F)ccc(NC(=O)/C(=C/CN)C(=O)NC)c5C)c4Cl)nc(OC)c32)C1. The second kappa shape index (κ2) is 15.3. The number of pyridine rings is 1. The van der Waals surface area contributed by atoms with Crippen LogP contribution in [0.15, 0.2) is 48.0 Å². The first-order valence-electron chi connectivity index (χ1n) is 17.0. The Balaban J connectivity index is 1.47. The average Bonchev–Trinajstić information content (AvgIpc) is 3.73. The van der Waals surface area contributed by atoms with Crippen LogP contribution in [-0.2, 0) is 20.8 Å². The van der Waals surface area contributed by atoms with Crippen molar-refractivity contribution in [1.82, 2.24) is 20.5 Å². The zero-order valence-electron chi connectivity index (χ0n) is 29.5. The molecule has 266 valence electrons. The highest BCUT2D eigenvalue weighted by molar-refractivity contribution is 6.36. The molecule has 3 aromatic rings. The number of rotatable bonds is 11. The fourth-order valence-electron chi connectivity index (χ4n) is 7.09. The monoisotopic (exact) mass is 704 g/mol. The van der Waals surface area contributed by atoms with Gasteiger partial charge in [-0.3, -0.25) is 19.3 Å². The molecule has 0 spiro atoms. The van der Waals surface area contributed by atoms with Gasteiger partial charge in [0, 0.05) is 66.6 Å². The number of amides is 3. The van der Waals surface area contributed by atoms with Crippen molar-refractivity contribution in [2.24, 2.45) is 11.7 Å². The molecule has 2 unspecified atom stereocenters. The van der Waals surface area contributed by atoms with Gasteiger partial charge in [0.05, 0.1) is 23.4 Å². The molecule has 0 radical (unpaired) electrons. The van der Waals surface area contributed by atoms with Crippen molar-refractivity contribution in [2.45, 2.75) is 65.0 Å². The third kappa shape index (κ3) is 7.12. The summed E-state index contributed by atoms with van der Waals surface area (Å²) in [5.74, 6) is -1.26. The van der Waals surface area contributed by atoms with Crippen molar-refractivity contribution in [1.29, 1.82) is 0 Å². The van der Waals surface area contributed by atoms with Crippen LogP contribution in [0.4, 0.5) is 10.1 Å². The molecule has 0 bridgehead atoms. The number of fused-ring (bicyclic) bond motifs is 1. The van der Waals surface area contributed by atoms with Crippen LogP contribution in [0, 0.1) is 18.7 Å². The topological polar surface area (TPSA) is 139 Å². The second-order valence-electron chi connectivity index (χ2n) is 13.3. The summed E-state index contributed by atoms with van der Waals surface area (Å²) in [6.07, 6.45) is 4.77. The number of methoxy groups -OCH3 is 1. The third-order valence-corrected chi connectivity index (χ3v) is 10.4. The van der Waals surface area contributed by atoms with Crippen LogP contribution in [-0.4, -0.2) is 66.9 Å². The molecule has 12 heteroatoms. The first-order valence-corrected chi connectivity index (χ1v) is 17.4. The summed E-state index contributed by atoms with van der Waals surface area (Å²) in [5, 5.41) is 8.77. The minimum absolute atomic E-state index is 0.00963. The number of hydrogen-bond donors (Lipinski definition) is 4. The third-order valence-electron chi connectivity index (χ3n) is 9.98. The maximum Gasteiger partial charge on any atom is 0.260 e. The van der Waals surface area contributed by atoms with Crippen molar-refractivity contribution in [3.8, 4) is 28.3 Å². The maximum absolute atomic E-state index is 15.6. The summed E-state index contributed by atoms with van der Waals surface area (Å²) >= 11 is 7.07. The Morgan fingerprint density at radius 2 is 1.94 bits per heavy atom. The Hall–Kier alpha value is -4.32. The molecule has 10 nitrogen and oxygen atoms in total. The van der Waals surface area contributed by atoms with Gasteiger partial charge in [-0.2, -0.15) is 0 Å². The number of anilines is 1. The van der Waals surface area contributed by atoms with E-state index in [1.54, 1.807) is 26.2 Å². The van der Waals surface area contributed by atoms with E-state index in [4.69, 9.17) is 27.1 Å². The predicted octanol–water partition coefficient (Wildman–Crippen LogP) is 5.71. The van der Waals surface area contributed by atoms with Crippen LogP contribution < -0.4 is 26.4 Å². The van der Waals surface area contributed by atoms with Gasteiger partial charge < -0.3 is 26.4 Å². The lowest BCUT2D eigenvalue weighted by atomic mass is 9.94. The molecule has 1 aliphatic carbocycles. The standard InChI is InChI=1S/C38H46ClFN6O4/c1-7-38(45-34(47)21(2)3)16-18-46(20-38)30-14-11-23-19-29(44-37(50-6)32(23)30)24-9-8-10-25(33(24)39)31-22(4)28(13-12-27(31)40)43-36(49)26(15-17-41)35(48)42-5/h8-10,12-13,15,19,21,30H,7,11,14,16-18,20,41H2,1-6H3,(H,42,48)(H,43,49)(H,45,47)/b26-15+. The molecule has 5 rings (SSSR count). The smallest absolute Gasteiger partial charge is 0.260 e. The molecule has 50 heavy (non-hydrogen) atoms. The number of likely N-dealkylation sites (N-methyl/N-ethyl adjacent to an activating group) is 1. The van der Waals surface area contributed by atoms with Gasteiger partial charge in [0.1, 0.15) is 11.4 Å². The predicted molar refractivity (Wildman–Crippen MR) is 194 cm³/mol. The molecule has 2 atom stereocenters. The van der Waals surface area contributed by atoms with Gasteiger partial charge >= 0.3 is 0 Å². The van der Waals surface area contributed by atoms with Gasteiger partial charge in [0.2, 0.25) is 11.8 Å². The Morgan fingerprint density at radius 3 is 2.60 bits per heavy atom. The van der Waals surface area contributed by atoms with E-state index in [1.165, 1.54) is 25.3 Å². The van der Waals surface area contributed by atoms with Gasteiger partial charge in [-0.25, -0.2) is 9.37 Å². The molecule has 2 heterocycles. The molecule has 1 aliphatic heterocycles. The molecule has 0 saturated carbocycles. The van der Waals surface area contributed by atoms with E-state index in [0.29, 0.717) is 39.0 Å². The van der Waals surface area contributed by atoms with E-state index in [-0.39, 0.29) is 41.1 Å². The number of aromatic nitrogens is 1. The van der Waals surface area contributed by atoms with Crippen LogP contribution in [0.1, 0.15) is 62.8 Å². The van der Waals surface area contributed by atoms with Gasteiger partial charge in [-0.1, -0.05) is 56.6 Å². The number of ether oxygens (including phenoxy) is 1. The summed E-state index contributed by atoms with van der Waals surface area (Å²) < 4.78 is 21.5. The lowest BCUT2D eigenvalue weighted by molar-refractivity contribution is -0.126. The molecular formula is C38H46ClFN6O4. The van der Waals surface area contributed by atoms with E-state index >= 15 is 4.39 Å². The summed E-state index contributed by atoms with van der Waals surface area (Å²) in [6.45, 7) is 9.24. The molecule has 5 N–H and O–H groups in total. The van der Waals surface area contributed by atoms with E-state index < -0.39 is 17.6 Å². The van der Waals surface area contributed by atoms with Crippen molar-refractivity contribution in [3.63, 3.8) is 0 Å². The highest BCUT2D eigenvalue weighted by Gasteiger charge is 2.43. The number of likely N-dealkylation sites (tertiary alicyclic amines) is 1. The van der Waals surface area contributed by atoms with Crippen molar-refractivity contribution < 1.29 is 23.5 Å². The fraction of sp³-hybridized carbons (Fsp3) is 0.421. The average molecular weight is 705 g/mol. The Morgan fingerprint density at radius 1 is 1.20 bits per heavy atom. The second-order valence-corrected chi connectivity index (χ2v) is 13.7. The number of aryl methyl sites for hydroxylation is 1. The molecular weight excluding hydrogens is 659 g/mol. The maximum atomic E-state index is 15.6. The zero-order valence-corrected chi connectivity index (χ0v) is 30.3. The minimum atomic E-state index is -0.669. The van der Waals surface area contributed by atoms with Crippen LogP contribution in [0.3, 0.4) is 0 Å². The summed E-state index contributed by atoms with van der Waals surface area (Å²) in [6, 6.07) is 10.2. The first-order chi connectivity index (χ1) is 23.9. The minimum Gasteiger partial charge on any atom is -0.481 e. The largest absolute Gasteiger partial charge is 0.481 e. The normalized spacial score (nSPS) is 19.0. The van der Waals surface area contributed by atoms with Gasteiger partial charge in [0.25, 0.3) is 11.8 Å². The number of carbonyl (C=O) groups excluding carboxylic acids is 3. The number of nitrogens with two attached hydrogens (primary N) is 1. The Kier molecular flexibility index (Phi) is 11.3. The number of carbonyl (C=O) groups is 3. The number of hydrogen-bond acceptors (Lipinski definition) is 7. The molecule has 1 fully saturated rings. The fourth-order valence-corrected chi connectivity index (χ4v) is 7.41. The number of halogens is 2. The quantitative estimate of drug-likeness (QED) is 0.114. The molecule has 1 aromatic heterocycles. The first kappa shape index (κ1) is 36.9. The van der Waals surface area contributed by atoms with E-state index in [9.17, 15) is 14.4 Å².